The van der Waals surface area contributed by atoms with Crippen LogP contribution in [0.3, 0.4) is 0 Å². The summed E-state index contributed by atoms with van der Waals surface area (Å²) in [5.41, 5.74) is 2.86. The Balaban J connectivity index is 1.93. The van der Waals surface area contributed by atoms with Gasteiger partial charge in [0.2, 0.25) is 0 Å². The largest absolute Gasteiger partial charge is 0.357 e. The Morgan fingerprint density at radius 3 is 2.54 bits per heavy atom. The van der Waals surface area contributed by atoms with Crippen molar-refractivity contribution in [3.63, 3.8) is 0 Å². The van der Waals surface area contributed by atoms with E-state index in [1.54, 1.807) is 6.07 Å². The van der Waals surface area contributed by atoms with Gasteiger partial charge in [-0.2, -0.15) is 0 Å². The monoisotopic (exact) mass is 421 g/mol. The lowest BCUT2D eigenvalue weighted by Crippen LogP contribution is -2.37. The Bertz CT molecular complexity index is 927. The number of rotatable bonds is 8. The Morgan fingerprint density at radius 1 is 1.14 bits per heavy atom. The molecule has 5 nitrogen and oxygen atoms in total. The molecule has 0 radical (unpaired) electrons. The van der Waals surface area contributed by atoms with E-state index in [9.17, 15) is 8.42 Å². The molecule has 0 aliphatic heterocycles. The zero-order valence-electron chi connectivity index (χ0n) is 16.6. The maximum atomic E-state index is 11.7. The molecule has 2 N–H and O–H groups in total. The molecule has 0 aliphatic carbocycles. The van der Waals surface area contributed by atoms with Crippen LogP contribution in [0.5, 0.6) is 0 Å². The molecule has 28 heavy (non-hydrogen) atoms. The highest BCUT2D eigenvalue weighted by Crippen LogP contribution is 2.17. The molecule has 0 spiro atoms. The van der Waals surface area contributed by atoms with Crippen LogP contribution in [0.2, 0.25) is 5.02 Å². The first kappa shape index (κ1) is 22.2. The SMILES string of the molecule is CCNC(=NCc1ccc(S(C)(=O)=O)c(C)c1)NCCCc1ccccc1Cl. The summed E-state index contributed by atoms with van der Waals surface area (Å²) in [6.07, 6.45) is 3.07. The van der Waals surface area contributed by atoms with Gasteiger partial charge in [-0.1, -0.05) is 41.9 Å². The molecule has 0 saturated carbocycles. The molecule has 0 unspecified atom stereocenters. The molecule has 0 fully saturated rings. The van der Waals surface area contributed by atoms with Crippen molar-refractivity contribution < 1.29 is 8.42 Å². The van der Waals surface area contributed by atoms with Crippen LogP contribution in [-0.2, 0) is 22.8 Å². The summed E-state index contributed by atoms with van der Waals surface area (Å²) in [6, 6.07) is 13.2. The van der Waals surface area contributed by atoms with E-state index in [1.807, 2.05) is 50.2 Å². The van der Waals surface area contributed by atoms with Crippen molar-refractivity contribution in [2.24, 2.45) is 4.99 Å². The van der Waals surface area contributed by atoms with Crippen molar-refractivity contribution in [3.8, 4) is 0 Å². The highest BCUT2D eigenvalue weighted by molar-refractivity contribution is 7.90. The molecule has 152 valence electrons. The summed E-state index contributed by atoms with van der Waals surface area (Å²) in [7, 11) is -3.20. The van der Waals surface area contributed by atoms with Gasteiger partial charge in [-0.3, -0.25) is 0 Å². The zero-order chi connectivity index (χ0) is 20.6. The van der Waals surface area contributed by atoms with E-state index in [4.69, 9.17) is 11.6 Å². The molecule has 7 heteroatoms. The lowest BCUT2D eigenvalue weighted by molar-refractivity contribution is 0.601. The van der Waals surface area contributed by atoms with Crippen LogP contribution in [0.1, 0.15) is 30.0 Å². The lowest BCUT2D eigenvalue weighted by atomic mass is 10.1. The summed E-state index contributed by atoms with van der Waals surface area (Å²) in [6.45, 7) is 5.85. The van der Waals surface area contributed by atoms with E-state index in [2.05, 4.69) is 15.6 Å². The number of halogens is 1. The highest BCUT2D eigenvalue weighted by Gasteiger charge is 2.10. The molecule has 0 aromatic heterocycles. The number of guanidine groups is 1. The summed E-state index contributed by atoms with van der Waals surface area (Å²) < 4.78 is 23.5. The predicted octanol–water partition coefficient (Wildman–Crippen LogP) is 3.74. The second-order valence-electron chi connectivity index (χ2n) is 6.69. The second-order valence-corrected chi connectivity index (χ2v) is 9.08. The van der Waals surface area contributed by atoms with E-state index in [1.165, 1.54) is 6.26 Å². The third-order valence-electron chi connectivity index (χ3n) is 4.28. The third kappa shape index (κ3) is 6.84. The fraction of sp³-hybridized carbons (Fsp3) is 0.381. The Labute approximate surface area is 173 Å². The van der Waals surface area contributed by atoms with Crippen molar-refractivity contribution in [1.82, 2.24) is 10.6 Å². The lowest BCUT2D eigenvalue weighted by Gasteiger charge is -2.12. The van der Waals surface area contributed by atoms with Gasteiger partial charge in [0, 0.05) is 24.4 Å². The van der Waals surface area contributed by atoms with Crippen LogP contribution in [0.15, 0.2) is 52.4 Å². The summed E-state index contributed by atoms with van der Waals surface area (Å²) in [4.78, 5) is 4.96. The minimum Gasteiger partial charge on any atom is -0.357 e. The molecular formula is C21H28ClN3O2S. The van der Waals surface area contributed by atoms with E-state index in [0.29, 0.717) is 11.4 Å². The first-order valence-corrected chi connectivity index (χ1v) is 11.6. The van der Waals surface area contributed by atoms with Crippen LogP contribution in [0.25, 0.3) is 0 Å². The minimum atomic E-state index is -3.20. The summed E-state index contributed by atoms with van der Waals surface area (Å²) >= 11 is 6.19. The Morgan fingerprint density at radius 2 is 1.89 bits per heavy atom. The number of hydrogen-bond acceptors (Lipinski definition) is 3. The standard InChI is InChI=1S/C21H28ClN3O2S/c1-4-23-21(24-13-7-9-18-8-5-6-10-19(18)22)25-15-17-11-12-20(16(2)14-17)28(3,26)27/h5-6,8,10-12,14H,4,7,9,13,15H2,1-3H3,(H2,23,24,25). The molecule has 0 amide bonds. The van der Waals surface area contributed by atoms with Gasteiger partial charge in [0.15, 0.2) is 15.8 Å². The number of aliphatic imine (C=N–C) groups is 1. The van der Waals surface area contributed by atoms with Gasteiger partial charge >= 0.3 is 0 Å². The average Bonchev–Trinajstić information content (AvgIpc) is 2.63. The highest BCUT2D eigenvalue weighted by atomic mass is 35.5. The first-order valence-electron chi connectivity index (χ1n) is 9.36. The van der Waals surface area contributed by atoms with E-state index in [0.717, 1.165) is 53.6 Å². The van der Waals surface area contributed by atoms with Crippen molar-refractivity contribution in [3.05, 3.63) is 64.2 Å². The fourth-order valence-corrected chi connectivity index (χ4v) is 4.11. The number of nitrogens with one attached hydrogen (secondary N) is 2. The molecule has 0 saturated heterocycles. The van der Waals surface area contributed by atoms with Crippen molar-refractivity contribution in [1.29, 1.82) is 0 Å². The van der Waals surface area contributed by atoms with Crippen molar-refractivity contribution >= 4 is 27.4 Å². The van der Waals surface area contributed by atoms with Gasteiger partial charge in [-0.25, -0.2) is 13.4 Å². The van der Waals surface area contributed by atoms with Gasteiger partial charge < -0.3 is 10.6 Å². The molecular weight excluding hydrogens is 394 g/mol. The predicted molar refractivity (Wildman–Crippen MR) is 117 cm³/mol. The Hall–Kier alpha value is -2.05. The third-order valence-corrected chi connectivity index (χ3v) is 5.90. The van der Waals surface area contributed by atoms with E-state index < -0.39 is 9.84 Å². The summed E-state index contributed by atoms with van der Waals surface area (Å²) in [5.74, 6) is 0.742. The van der Waals surface area contributed by atoms with E-state index >= 15 is 0 Å². The molecule has 2 aromatic carbocycles. The van der Waals surface area contributed by atoms with Crippen LogP contribution in [0.4, 0.5) is 0 Å². The zero-order valence-corrected chi connectivity index (χ0v) is 18.2. The molecule has 0 atom stereocenters. The maximum Gasteiger partial charge on any atom is 0.191 e. The second kappa shape index (κ2) is 10.5. The number of aryl methyl sites for hydroxylation is 2. The van der Waals surface area contributed by atoms with Gasteiger partial charge in [0.05, 0.1) is 11.4 Å². The normalized spacial score (nSPS) is 12.1. The molecule has 2 aromatic rings. The quantitative estimate of drug-likeness (QED) is 0.387. The topological polar surface area (TPSA) is 70.6 Å². The number of hydrogen-bond donors (Lipinski definition) is 2. The molecule has 0 heterocycles. The van der Waals surface area contributed by atoms with E-state index in [-0.39, 0.29) is 0 Å². The molecule has 0 aliphatic rings. The van der Waals surface area contributed by atoms with Gasteiger partial charge in [-0.05, 0) is 55.5 Å². The molecule has 0 bridgehead atoms. The fourth-order valence-electron chi connectivity index (χ4n) is 2.92. The number of benzene rings is 2. The minimum absolute atomic E-state index is 0.366. The molecule has 2 rings (SSSR count). The Kier molecular flexibility index (Phi) is 8.33. The van der Waals surface area contributed by atoms with Crippen molar-refractivity contribution in [2.75, 3.05) is 19.3 Å². The van der Waals surface area contributed by atoms with Crippen LogP contribution in [-0.4, -0.2) is 33.7 Å². The van der Waals surface area contributed by atoms with Gasteiger partial charge in [0.1, 0.15) is 0 Å². The van der Waals surface area contributed by atoms with Crippen LogP contribution in [0, 0.1) is 6.92 Å². The van der Waals surface area contributed by atoms with Crippen LogP contribution >= 0.6 is 11.6 Å². The number of nitrogens with zero attached hydrogens (tertiary/aromatic N) is 1. The average molecular weight is 422 g/mol. The summed E-state index contributed by atoms with van der Waals surface area (Å²) in [5, 5.41) is 7.36. The van der Waals surface area contributed by atoms with Gasteiger partial charge in [0.25, 0.3) is 0 Å². The smallest absolute Gasteiger partial charge is 0.191 e. The first-order chi connectivity index (χ1) is 13.3. The van der Waals surface area contributed by atoms with Crippen molar-refractivity contribution in [2.45, 2.75) is 38.1 Å². The van der Waals surface area contributed by atoms with Crippen LogP contribution < -0.4 is 10.6 Å². The number of sulfone groups is 1. The van der Waals surface area contributed by atoms with Gasteiger partial charge in [-0.15, -0.1) is 0 Å². The maximum absolute atomic E-state index is 11.7.